The van der Waals surface area contributed by atoms with Crippen molar-refractivity contribution in [2.45, 2.75) is 329 Å². The van der Waals surface area contributed by atoms with Crippen LogP contribution in [0.25, 0.3) is 0 Å². The Morgan fingerprint density at radius 1 is 0.410 bits per heavy atom. The maximum Gasteiger partial charge on any atom is 0.312 e. The molecule has 0 aromatic carbocycles. The van der Waals surface area contributed by atoms with Crippen LogP contribution in [0.4, 0.5) is 0 Å². The fraction of sp³-hybridized carbons (Fsp3) is 0.943. The molecular weight excluding hydrogens is 969 g/mol. The molecule has 10 aliphatic carbocycles. The van der Waals surface area contributed by atoms with Crippen LogP contribution in [0, 0.1) is 93.7 Å². The number of carbonyl (C=O) groups is 4. The molecule has 0 N–H and O–H groups in total. The Morgan fingerprint density at radius 2 is 0.731 bits per heavy atom. The second-order valence-corrected chi connectivity index (χ2v) is 29.2. The van der Waals surface area contributed by atoms with Gasteiger partial charge in [0.15, 0.2) is 0 Å². The van der Waals surface area contributed by atoms with E-state index in [1.165, 1.54) is 128 Å². The van der Waals surface area contributed by atoms with E-state index in [-0.39, 0.29) is 98.7 Å². The predicted octanol–water partition coefficient (Wildman–Crippen LogP) is 19.6. The monoisotopic (exact) mass is 1100 g/mol. The first-order valence-corrected chi connectivity index (χ1v) is 31.8. The van der Waals surface area contributed by atoms with Crippen LogP contribution in [-0.4, -0.2) is 46.3 Å². The SMILES string of the molecule is C.C.C.C.CCC(C)(C)C(=O)OC1(C)CC2CC1C1CCCC21.CCC(C)(C)C(=O)OC1(C)CCCC2CCCCC21.CCC(C)C(=O)OC1(C)CC2CC1C1CCCC21.CCC(C)C(=O)OC1(C)CCCC2CCCCC21. The Balaban J connectivity index is 0.000000269. The third kappa shape index (κ3) is 15.0. The number of hydrogen-bond donors (Lipinski definition) is 0. The molecule has 10 saturated carbocycles. The van der Waals surface area contributed by atoms with E-state index in [4.69, 9.17) is 18.9 Å². The second-order valence-electron chi connectivity index (χ2n) is 29.2. The van der Waals surface area contributed by atoms with Gasteiger partial charge in [0.2, 0.25) is 0 Å². The van der Waals surface area contributed by atoms with E-state index >= 15 is 0 Å². The quantitative estimate of drug-likeness (QED) is 0.141. The molecule has 18 atom stereocenters. The lowest BCUT2D eigenvalue weighted by Crippen LogP contribution is -2.49. The Kier molecular flexibility index (Phi) is 25.6. The molecule has 0 aromatic heterocycles. The molecule has 0 amide bonds. The van der Waals surface area contributed by atoms with Crippen molar-refractivity contribution in [2.24, 2.45) is 93.7 Å². The van der Waals surface area contributed by atoms with E-state index in [1.807, 2.05) is 41.5 Å². The third-order valence-electron chi connectivity index (χ3n) is 23.6. The van der Waals surface area contributed by atoms with Gasteiger partial charge in [-0.15, -0.1) is 0 Å². The highest BCUT2D eigenvalue weighted by molar-refractivity contribution is 5.77. The van der Waals surface area contributed by atoms with Gasteiger partial charge in [0.25, 0.3) is 0 Å². The van der Waals surface area contributed by atoms with Crippen molar-refractivity contribution in [2.75, 3.05) is 0 Å². The van der Waals surface area contributed by atoms with Gasteiger partial charge in [-0.1, -0.05) is 123 Å². The normalized spacial score (nSPS) is 39.1. The standard InChI is InChI=1S/C17H28O2.C17H30O2.C16H26O2.C16H28O2.4CH4/c1-5-16(2,3)15(18)19-17(4)10-11-9-14(17)13-8-6-7-12(11)13;1-5-16(2,3)15(18)19-17(4)12-8-10-13-9-6-7-11-14(13)17;1-4-10(2)15(17)18-16(3)9-11-8-14(16)13-7-5-6-12(11)13;1-4-12(2)15(17)18-16(3)11-7-9-13-8-5-6-10-14(13)16;;;;/h11-14H,5-10H2,1-4H3;13-14H,5-12H2,1-4H3;10-14H,4-9H2,1-3H3;12-14H,4-11H2,1-3H3;4*1H4. The van der Waals surface area contributed by atoms with E-state index in [2.05, 4.69) is 55.4 Å². The smallest absolute Gasteiger partial charge is 0.312 e. The molecule has 10 aliphatic rings. The van der Waals surface area contributed by atoms with Gasteiger partial charge in [0.05, 0.1) is 22.7 Å². The highest BCUT2D eigenvalue weighted by Crippen LogP contribution is 2.65. The van der Waals surface area contributed by atoms with Crippen molar-refractivity contribution in [3.8, 4) is 0 Å². The Morgan fingerprint density at radius 3 is 1.12 bits per heavy atom. The third-order valence-corrected chi connectivity index (χ3v) is 23.6. The zero-order valence-corrected chi connectivity index (χ0v) is 50.1. The van der Waals surface area contributed by atoms with Gasteiger partial charge in [-0.2, -0.15) is 0 Å². The number of esters is 4. The van der Waals surface area contributed by atoms with Gasteiger partial charge in [-0.05, 0) is 231 Å². The van der Waals surface area contributed by atoms with E-state index in [1.54, 1.807) is 0 Å². The summed E-state index contributed by atoms with van der Waals surface area (Å²) >= 11 is 0. The van der Waals surface area contributed by atoms with Crippen LogP contribution in [0.5, 0.6) is 0 Å². The van der Waals surface area contributed by atoms with E-state index in [9.17, 15) is 19.2 Å². The van der Waals surface area contributed by atoms with Gasteiger partial charge >= 0.3 is 23.9 Å². The average molecular weight is 1100 g/mol. The van der Waals surface area contributed by atoms with Gasteiger partial charge in [-0.25, -0.2) is 0 Å². The maximum atomic E-state index is 12.4. The summed E-state index contributed by atoms with van der Waals surface area (Å²) < 4.78 is 24.0. The summed E-state index contributed by atoms with van der Waals surface area (Å²) in [5, 5.41) is 0. The number of hydrogen-bond acceptors (Lipinski definition) is 8. The fourth-order valence-electron chi connectivity index (χ4n) is 17.8. The van der Waals surface area contributed by atoms with Crippen molar-refractivity contribution in [1.82, 2.24) is 0 Å². The van der Waals surface area contributed by atoms with E-state index in [0.29, 0.717) is 23.7 Å². The minimum Gasteiger partial charge on any atom is -0.459 e. The van der Waals surface area contributed by atoms with Crippen LogP contribution >= 0.6 is 0 Å². The van der Waals surface area contributed by atoms with Gasteiger partial charge < -0.3 is 18.9 Å². The molecule has 0 aliphatic heterocycles. The molecule has 4 bridgehead atoms. The summed E-state index contributed by atoms with van der Waals surface area (Å²) in [5.74, 6) is 9.60. The second kappa shape index (κ2) is 28.4. The number of carbonyl (C=O) groups excluding carboxylic acids is 4. The predicted molar refractivity (Wildman–Crippen MR) is 325 cm³/mol. The summed E-state index contributed by atoms with van der Waals surface area (Å²) in [6.45, 7) is 29.0. The number of rotatable bonds is 12. The molecule has 10 rings (SSSR count). The molecule has 0 spiro atoms. The summed E-state index contributed by atoms with van der Waals surface area (Å²) in [4.78, 5) is 49.0. The Labute approximate surface area is 482 Å². The van der Waals surface area contributed by atoms with Crippen LogP contribution in [0.3, 0.4) is 0 Å². The zero-order valence-electron chi connectivity index (χ0n) is 50.1. The van der Waals surface area contributed by atoms with Gasteiger partial charge in [0.1, 0.15) is 22.4 Å². The topological polar surface area (TPSA) is 105 Å². The lowest BCUT2D eigenvalue weighted by atomic mass is 9.63. The van der Waals surface area contributed by atoms with Gasteiger partial charge in [0, 0.05) is 23.7 Å². The molecule has 18 unspecified atom stereocenters. The zero-order chi connectivity index (χ0) is 54.0. The minimum absolute atomic E-state index is 0. The molecule has 0 aromatic rings. The van der Waals surface area contributed by atoms with Crippen molar-refractivity contribution in [1.29, 1.82) is 0 Å². The first kappa shape index (κ1) is 70.1. The summed E-state index contributed by atoms with van der Waals surface area (Å²) in [5.41, 5.74) is -1.36. The molecule has 0 heterocycles. The highest BCUT2D eigenvalue weighted by atomic mass is 16.6. The number of fused-ring (bicyclic) bond motifs is 12. The first-order valence-electron chi connectivity index (χ1n) is 31.8. The van der Waals surface area contributed by atoms with Crippen molar-refractivity contribution >= 4 is 23.9 Å². The Bertz CT molecular complexity index is 1900. The van der Waals surface area contributed by atoms with Crippen LogP contribution in [-0.2, 0) is 38.1 Å². The highest BCUT2D eigenvalue weighted by Gasteiger charge is 2.62. The molecule has 0 saturated heterocycles. The molecular formula is C70H128O8. The van der Waals surface area contributed by atoms with Crippen LogP contribution in [0.2, 0.25) is 0 Å². The summed E-state index contributed by atoms with van der Waals surface area (Å²) in [7, 11) is 0. The molecule has 8 heteroatoms. The fourth-order valence-corrected chi connectivity index (χ4v) is 17.8. The van der Waals surface area contributed by atoms with Crippen LogP contribution in [0.1, 0.15) is 306 Å². The molecule has 78 heavy (non-hydrogen) atoms. The first-order chi connectivity index (χ1) is 34.9. The van der Waals surface area contributed by atoms with E-state index < -0.39 is 0 Å². The lowest BCUT2D eigenvalue weighted by Gasteiger charge is -2.48. The molecule has 0 radical (unpaired) electrons. The van der Waals surface area contributed by atoms with Crippen molar-refractivity contribution in [3.63, 3.8) is 0 Å². The number of ether oxygens (including phenoxy) is 4. The summed E-state index contributed by atoms with van der Waals surface area (Å²) in [6, 6.07) is 0. The maximum absolute atomic E-state index is 12.4. The van der Waals surface area contributed by atoms with Crippen molar-refractivity contribution < 1.29 is 38.1 Å². The largest absolute Gasteiger partial charge is 0.459 e. The minimum atomic E-state index is -0.343. The molecule has 8 nitrogen and oxygen atoms in total. The lowest BCUT2D eigenvalue weighted by molar-refractivity contribution is -0.184. The Hall–Kier alpha value is -2.12. The average Bonchev–Trinajstić information content (AvgIpc) is 4.25. The van der Waals surface area contributed by atoms with Gasteiger partial charge in [-0.3, -0.25) is 19.2 Å². The summed E-state index contributed by atoms with van der Waals surface area (Å²) in [6.07, 6.45) is 34.6. The van der Waals surface area contributed by atoms with Crippen LogP contribution < -0.4 is 0 Å². The van der Waals surface area contributed by atoms with Crippen LogP contribution in [0.15, 0.2) is 0 Å². The molecule has 456 valence electrons. The van der Waals surface area contributed by atoms with E-state index in [0.717, 1.165) is 98.7 Å². The van der Waals surface area contributed by atoms with Crippen molar-refractivity contribution in [3.05, 3.63) is 0 Å². The molecule has 10 fully saturated rings.